The molecular weight excluding hydrogens is 254 g/mol. The number of hydrogen-bond donors (Lipinski definition) is 0. The van der Waals surface area contributed by atoms with Crippen LogP contribution < -0.4 is 4.74 Å². The molecule has 0 fully saturated rings. The number of rotatable bonds is 4. The number of ether oxygens (including phenoxy) is 1. The normalized spacial score (nSPS) is 10.4. The van der Waals surface area contributed by atoms with E-state index >= 15 is 0 Å². The van der Waals surface area contributed by atoms with E-state index in [2.05, 4.69) is 15.1 Å². The zero-order valence-electron chi connectivity index (χ0n) is 11.0. The zero-order valence-corrected chi connectivity index (χ0v) is 11.0. The molecule has 5 nitrogen and oxygen atoms in total. The lowest BCUT2D eigenvalue weighted by atomic mass is 10.2. The number of pyridine rings is 1. The van der Waals surface area contributed by atoms with Crippen molar-refractivity contribution in [3.63, 3.8) is 0 Å². The summed E-state index contributed by atoms with van der Waals surface area (Å²) in [5.74, 6) is 1.72. The quantitative estimate of drug-likeness (QED) is 0.727. The van der Waals surface area contributed by atoms with E-state index in [1.54, 1.807) is 12.4 Å². The Bertz CT molecular complexity index is 678. The molecule has 0 atom stereocenters. The van der Waals surface area contributed by atoms with Gasteiger partial charge in [0.15, 0.2) is 6.61 Å². The molecule has 5 heteroatoms. The Morgan fingerprint density at radius 3 is 2.75 bits per heavy atom. The van der Waals surface area contributed by atoms with Gasteiger partial charge in [-0.1, -0.05) is 22.9 Å². The average molecular weight is 267 g/mol. The molecule has 3 aromatic rings. The SMILES string of the molecule is Cc1ccc(OCc2nc(-c3cccnc3)no2)cc1. The van der Waals surface area contributed by atoms with E-state index < -0.39 is 0 Å². The Kier molecular flexibility index (Phi) is 3.41. The fourth-order valence-electron chi connectivity index (χ4n) is 1.71. The second-order valence-electron chi connectivity index (χ2n) is 4.36. The van der Waals surface area contributed by atoms with Crippen LogP contribution in [-0.2, 0) is 6.61 Å². The zero-order chi connectivity index (χ0) is 13.8. The van der Waals surface area contributed by atoms with Crippen LogP contribution in [0.25, 0.3) is 11.4 Å². The second-order valence-corrected chi connectivity index (χ2v) is 4.36. The van der Waals surface area contributed by atoms with Crippen LogP contribution in [-0.4, -0.2) is 15.1 Å². The van der Waals surface area contributed by atoms with Gasteiger partial charge < -0.3 is 9.26 Å². The van der Waals surface area contributed by atoms with Gasteiger partial charge in [0.2, 0.25) is 5.82 Å². The first-order valence-corrected chi connectivity index (χ1v) is 6.24. The summed E-state index contributed by atoms with van der Waals surface area (Å²) in [7, 11) is 0. The maximum Gasteiger partial charge on any atom is 0.264 e. The van der Waals surface area contributed by atoms with E-state index in [4.69, 9.17) is 9.26 Å². The maximum absolute atomic E-state index is 5.58. The minimum Gasteiger partial charge on any atom is -0.484 e. The van der Waals surface area contributed by atoms with Crippen LogP contribution in [0.4, 0.5) is 0 Å². The Labute approximate surface area is 116 Å². The summed E-state index contributed by atoms with van der Waals surface area (Å²) in [6.45, 7) is 2.28. The molecule has 0 spiro atoms. The van der Waals surface area contributed by atoms with Crippen molar-refractivity contribution in [1.29, 1.82) is 0 Å². The summed E-state index contributed by atoms with van der Waals surface area (Å²) < 4.78 is 10.7. The van der Waals surface area contributed by atoms with E-state index in [0.717, 1.165) is 11.3 Å². The topological polar surface area (TPSA) is 61.0 Å². The molecule has 100 valence electrons. The molecule has 0 aliphatic carbocycles. The van der Waals surface area contributed by atoms with E-state index in [1.807, 2.05) is 43.3 Å². The Hall–Kier alpha value is -2.69. The number of aryl methyl sites for hydroxylation is 1. The van der Waals surface area contributed by atoms with Crippen LogP contribution in [0.1, 0.15) is 11.5 Å². The van der Waals surface area contributed by atoms with Crippen molar-refractivity contribution in [3.8, 4) is 17.1 Å². The smallest absolute Gasteiger partial charge is 0.264 e. The van der Waals surface area contributed by atoms with Crippen molar-refractivity contribution in [2.45, 2.75) is 13.5 Å². The summed E-state index contributed by atoms with van der Waals surface area (Å²) in [5.41, 5.74) is 2.01. The van der Waals surface area contributed by atoms with Crippen LogP contribution in [0, 0.1) is 6.92 Å². The highest BCUT2D eigenvalue weighted by Crippen LogP contribution is 2.16. The van der Waals surface area contributed by atoms with Gasteiger partial charge in [-0.25, -0.2) is 0 Å². The first-order valence-electron chi connectivity index (χ1n) is 6.24. The lowest BCUT2D eigenvalue weighted by Gasteiger charge is -2.02. The summed E-state index contributed by atoms with van der Waals surface area (Å²) in [4.78, 5) is 8.29. The van der Waals surface area contributed by atoms with E-state index in [-0.39, 0.29) is 6.61 Å². The maximum atomic E-state index is 5.58. The molecule has 2 aromatic heterocycles. The molecule has 0 unspecified atom stereocenters. The molecule has 20 heavy (non-hydrogen) atoms. The van der Waals surface area contributed by atoms with Crippen molar-refractivity contribution in [2.75, 3.05) is 0 Å². The summed E-state index contributed by atoms with van der Waals surface area (Å²) in [6.07, 6.45) is 3.39. The van der Waals surface area contributed by atoms with Crippen molar-refractivity contribution in [2.24, 2.45) is 0 Å². The van der Waals surface area contributed by atoms with Crippen molar-refractivity contribution < 1.29 is 9.26 Å². The predicted molar refractivity (Wildman–Crippen MR) is 73.0 cm³/mol. The number of nitrogens with zero attached hydrogens (tertiary/aromatic N) is 3. The first-order chi connectivity index (χ1) is 9.81. The molecule has 1 aromatic carbocycles. The predicted octanol–water partition coefficient (Wildman–Crippen LogP) is 3.02. The van der Waals surface area contributed by atoms with Gasteiger partial charge in [0.05, 0.1) is 0 Å². The van der Waals surface area contributed by atoms with E-state index in [9.17, 15) is 0 Å². The standard InChI is InChI=1S/C15H13N3O2/c1-11-4-6-13(7-5-11)19-10-14-17-15(18-20-14)12-3-2-8-16-9-12/h2-9H,10H2,1H3. The molecular formula is C15H13N3O2. The van der Waals surface area contributed by atoms with Crippen molar-refractivity contribution >= 4 is 0 Å². The lowest BCUT2D eigenvalue weighted by molar-refractivity contribution is 0.243. The molecule has 2 heterocycles. The van der Waals surface area contributed by atoms with Crippen LogP contribution in [0.3, 0.4) is 0 Å². The summed E-state index contributed by atoms with van der Waals surface area (Å²) in [5, 5.41) is 3.91. The van der Waals surface area contributed by atoms with Crippen molar-refractivity contribution in [3.05, 3.63) is 60.2 Å². The second kappa shape index (κ2) is 5.52. The lowest BCUT2D eigenvalue weighted by Crippen LogP contribution is -1.95. The van der Waals surface area contributed by atoms with Crippen molar-refractivity contribution in [1.82, 2.24) is 15.1 Å². The van der Waals surface area contributed by atoms with Gasteiger partial charge >= 0.3 is 0 Å². The first kappa shape index (κ1) is 12.3. The fraction of sp³-hybridized carbons (Fsp3) is 0.133. The molecule has 0 saturated carbocycles. The molecule has 0 aliphatic rings. The summed E-state index contributed by atoms with van der Waals surface area (Å²) in [6, 6.07) is 11.5. The largest absolute Gasteiger partial charge is 0.484 e. The highest BCUT2D eigenvalue weighted by atomic mass is 16.5. The molecule has 0 amide bonds. The monoisotopic (exact) mass is 267 g/mol. The highest BCUT2D eigenvalue weighted by Gasteiger charge is 2.08. The number of hydrogen-bond acceptors (Lipinski definition) is 5. The molecule has 0 saturated heterocycles. The molecule has 3 rings (SSSR count). The highest BCUT2D eigenvalue weighted by molar-refractivity contribution is 5.51. The third kappa shape index (κ3) is 2.83. The third-order valence-corrected chi connectivity index (χ3v) is 2.77. The number of aromatic nitrogens is 3. The van der Waals surface area contributed by atoms with Gasteiger partial charge in [0, 0.05) is 18.0 Å². The Morgan fingerprint density at radius 1 is 1.15 bits per heavy atom. The average Bonchev–Trinajstić information content (AvgIpc) is 2.97. The minimum atomic E-state index is 0.246. The fourth-order valence-corrected chi connectivity index (χ4v) is 1.71. The van der Waals surface area contributed by atoms with Crippen LogP contribution in [0.5, 0.6) is 5.75 Å². The molecule has 0 aliphatic heterocycles. The van der Waals surface area contributed by atoms with E-state index in [1.165, 1.54) is 5.56 Å². The van der Waals surface area contributed by atoms with Crippen LogP contribution in [0.15, 0.2) is 53.3 Å². The van der Waals surface area contributed by atoms with Gasteiger partial charge in [-0.3, -0.25) is 4.98 Å². The van der Waals surface area contributed by atoms with E-state index in [0.29, 0.717) is 11.7 Å². The van der Waals surface area contributed by atoms with Crippen LogP contribution >= 0.6 is 0 Å². The Morgan fingerprint density at radius 2 is 2.00 bits per heavy atom. The van der Waals surface area contributed by atoms with Gasteiger partial charge in [0.25, 0.3) is 5.89 Å². The summed E-state index contributed by atoms with van der Waals surface area (Å²) >= 11 is 0. The molecule has 0 bridgehead atoms. The molecule has 0 N–H and O–H groups in total. The van der Waals surface area contributed by atoms with Gasteiger partial charge in [-0.15, -0.1) is 0 Å². The van der Waals surface area contributed by atoms with Gasteiger partial charge in [-0.2, -0.15) is 4.98 Å². The van der Waals surface area contributed by atoms with Gasteiger partial charge in [0.1, 0.15) is 5.75 Å². The van der Waals surface area contributed by atoms with Gasteiger partial charge in [-0.05, 0) is 31.2 Å². The Balaban J connectivity index is 1.67. The number of benzene rings is 1. The third-order valence-electron chi connectivity index (χ3n) is 2.77. The molecule has 0 radical (unpaired) electrons. The minimum absolute atomic E-state index is 0.246. The van der Waals surface area contributed by atoms with Crippen LogP contribution in [0.2, 0.25) is 0 Å².